The summed E-state index contributed by atoms with van der Waals surface area (Å²) in [6.45, 7) is 0.485. The summed E-state index contributed by atoms with van der Waals surface area (Å²) in [4.78, 5) is 16.1. The summed E-state index contributed by atoms with van der Waals surface area (Å²) in [7, 11) is 0. The molecule has 0 atom stereocenters. The molecule has 4 rings (SSSR count). The van der Waals surface area contributed by atoms with Crippen molar-refractivity contribution in [3.05, 3.63) is 90.1 Å². The lowest BCUT2D eigenvalue weighted by Gasteiger charge is -2.09. The van der Waals surface area contributed by atoms with Gasteiger partial charge in [0, 0.05) is 42.1 Å². The zero-order valence-electron chi connectivity index (χ0n) is 14.4. The molecule has 1 aromatic heterocycles. The number of hydrogen-bond donors (Lipinski definition) is 3. The van der Waals surface area contributed by atoms with Crippen LogP contribution in [-0.2, 0) is 11.3 Å². The second-order valence-electron chi connectivity index (χ2n) is 6.11. The first-order valence-electron chi connectivity index (χ1n) is 8.50. The van der Waals surface area contributed by atoms with Gasteiger partial charge in [0.1, 0.15) is 5.82 Å². The van der Waals surface area contributed by atoms with Crippen LogP contribution < -0.4 is 16.0 Å². The van der Waals surface area contributed by atoms with E-state index in [9.17, 15) is 9.18 Å². The highest BCUT2D eigenvalue weighted by molar-refractivity contribution is 6.31. The number of amides is 1. The summed E-state index contributed by atoms with van der Waals surface area (Å²) in [6.07, 6.45) is 5.03. The maximum atomic E-state index is 14.4. The van der Waals surface area contributed by atoms with Crippen molar-refractivity contribution in [1.82, 2.24) is 4.98 Å². The molecule has 27 heavy (non-hydrogen) atoms. The summed E-state index contributed by atoms with van der Waals surface area (Å²) in [5.41, 5.74) is 4.05. The van der Waals surface area contributed by atoms with E-state index in [-0.39, 0.29) is 11.7 Å². The topological polar surface area (TPSA) is 66.1 Å². The minimum atomic E-state index is -0.376. The second kappa shape index (κ2) is 7.29. The predicted molar refractivity (Wildman–Crippen MR) is 105 cm³/mol. The van der Waals surface area contributed by atoms with Crippen molar-refractivity contribution in [2.45, 2.75) is 6.54 Å². The van der Waals surface area contributed by atoms with Gasteiger partial charge < -0.3 is 16.0 Å². The molecule has 1 amide bonds. The highest BCUT2D eigenvalue weighted by atomic mass is 19.1. The third-order valence-electron chi connectivity index (χ3n) is 4.27. The lowest BCUT2D eigenvalue weighted by Crippen LogP contribution is -2.05. The number of benzene rings is 2. The number of aromatic nitrogens is 1. The summed E-state index contributed by atoms with van der Waals surface area (Å²) in [5, 5.41) is 8.85. The lowest BCUT2D eigenvalue weighted by atomic mass is 10.1. The molecule has 6 heteroatoms. The van der Waals surface area contributed by atoms with Crippen LogP contribution in [0, 0.1) is 5.82 Å². The Morgan fingerprint density at radius 1 is 1.11 bits per heavy atom. The van der Waals surface area contributed by atoms with Gasteiger partial charge in [-0.2, -0.15) is 0 Å². The van der Waals surface area contributed by atoms with Crippen LogP contribution in [0.5, 0.6) is 0 Å². The fourth-order valence-electron chi connectivity index (χ4n) is 2.89. The van der Waals surface area contributed by atoms with Gasteiger partial charge in [-0.3, -0.25) is 9.78 Å². The van der Waals surface area contributed by atoms with E-state index in [2.05, 4.69) is 20.9 Å². The first-order chi connectivity index (χ1) is 13.2. The largest absolute Gasteiger partial charge is 0.379 e. The van der Waals surface area contributed by atoms with Gasteiger partial charge in [0.2, 0.25) is 0 Å². The van der Waals surface area contributed by atoms with Gasteiger partial charge in [0.05, 0.1) is 11.3 Å². The average molecular weight is 360 g/mol. The first kappa shape index (κ1) is 16.8. The molecule has 134 valence electrons. The Bertz CT molecular complexity index is 1020. The van der Waals surface area contributed by atoms with E-state index in [4.69, 9.17) is 0 Å². The van der Waals surface area contributed by atoms with Gasteiger partial charge in [0.15, 0.2) is 0 Å². The van der Waals surface area contributed by atoms with Crippen LogP contribution in [0.2, 0.25) is 0 Å². The number of rotatable bonds is 5. The Labute approximate surface area is 156 Å². The molecule has 0 spiro atoms. The molecule has 3 N–H and O–H groups in total. The number of halogens is 1. The normalized spacial score (nSPS) is 14.0. The van der Waals surface area contributed by atoms with Crippen molar-refractivity contribution in [2.24, 2.45) is 0 Å². The molecular formula is C21H17FN4O. The average Bonchev–Trinajstić information content (AvgIpc) is 3.01. The number of fused-ring (bicyclic) bond motifs is 1. The Morgan fingerprint density at radius 2 is 2.00 bits per heavy atom. The third kappa shape index (κ3) is 3.64. The number of nitrogens with one attached hydrogen (secondary N) is 3. The number of hydrogen-bond acceptors (Lipinski definition) is 4. The van der Waals surface area contributed by atoms with Gasteiger partial charge in [-0.05, 0) is 35.9 Å². The molecule has 0 saturated carbocycles. The molecule has 0 unspecified atom stereocenters. The maximum Gasteiger partial charge on any atom is 0.257 e. The van der Waals surface area contributed by atoms with Crippen molar-refractivity contribution >= 4 is 28.5 Å². The summed E-state index contributed by atoms with van der Waals surface area (Å²) in [5.74, 6) is -0.558. The molecule has 1 aliphatic heterocycles. The standard InChI is InChI=1S/C21H17FN4O/c22-18-10-15(7-8-20(18)25-12-14-4-3-9-23-11-14)24-13-17-16-5-1-2-6-19(16)26-21(17)27/h1-11,13,24-25H,12H2,(H,26,27). The molecule has 0 fully saturated rings. The maximum absolute atomic E-state index is 14.4. The molecule has 0 radical (unpaired) electrons. The quantitative estimate of drug-likeness (QED) is 0.596. The molecule has 0 saturated heterocycles. The highest BCUT2D eigenvalue weighted by Crippen LogP contribution is 2.31. The highest BCUT2D eigenvalue weighted by Gasteiger charge is 2.23. The molecule has 2 heterocycles. The van der Waals surface area contributed by atoms with Crippen molar-refractivity contribution in [3.63, 3.8) is 0 Å². The minimum Gasteiger partial charge on any atom is -0.379 e. The second-order valence-corrected chi connectivity index (χ2v) is 6.11. The SMILES string of the molecule is O=C1Nc2ccccc2C1=CNc1ccc(NCc2cccnc2)c(F)c1. The zero-order valence-corrected chi connectivity index (χ0v) is 14.4. The van der Waals surface area contributed by atoms with Crippen molar-refractivity contribution in [2.75, 3.05) is 16.0 Å². The number of carbonyl (C=O) groups excluding carboxylic acids is 1. The van der Waals surface area contributed by atoms with E-state index >= 15 is 0 Å². The number of para-hydroxylation sites is 1. The van der Waals surface area contributed by atoms with Gasteiger partial charge in [-0.1, -0.05) is 24.3 Å². The van der Waals surface area contributed by atoms with Crippen LogP contribution in [0.4, 0.5) is 21.5 Å². The van der Waals surface area contributed by atoms with Gasteiger partial charge >= 0.3 is 0 Å². The molecule has 2 aromatic carbocycles. The monoisotopic (exact) mass is 360 g/mol. The Kier molecular flexibility index (Phi) is 4.53. The minimum absolute atomic E-state index is 0.182. The number of carbonyl (C=O) groups is 1. The van der Waals surface area contributed by atoms with Crippen LogP contribution in [0.3, 0.4) is 0 Å². The molecule has 5 nitrogen and oxygen atoms in total. The zero-order chi connectivity index (χ0) is 18.6. The Balaban J connectivity index is 1.46. The van der Waals surface area contributed by atoms with E-state index < -0.39 is 0 Å². The predicted octanol–water partition coefficient (Wildman–Crippen LogP) is 4.24. The van der Waals surface area contributed by atoms with Gasteiger partial charge in [-0.15, -0.1) is 0 Å². The number of pyridine rings is 1. The summed E-state index contributed by atoms with van der Waals surface area (Å²) in [6, 6.07) is 16.0. The van der Waals surface area contributed by atoms with E-state index in [1.165, 1.54) is 6.07 Å². The molecule has 1 aliphatic rings. The van der Waals surface area contributed by atoms with E-state index in [0.29, 0.717) is 23.5 Å². The Hall–Kier alpha value is -3.67. The van der Waals surface area contributed by atoms with Crippen molar-refractivity contribution in [1.29, 1.82) is 0 Å². The van der Waals surface area contributed by atoms with E-state index in [1.807, 2.05) is 36.4 Å². The number of anilines is 3. The van der Waals surface area contributed by atoms with E-state index in [0.717, 1.165) is 16.8 Å². The van der Waals surface area contributed by atoms with Crippen LogP contribution in [0.1, 0.15) is 11.1 Å². The fraction of sp³-hybridized carbons (Fsp3) is 0.0476. The summed E-state index contributed by atoms with van der Waals surface area (Å²) < 4.78 is 14.4. The molecule has 3 aromatic rings. The summed E-state index contributed by atoms with van der Waals surface area (Å²) >= 11 is 0. The van der Waals surface area contributed by atoms with Crippen LogP contribution in [0.15, 0.2) is 73.2 Å². The van der Waals surface area contributed by atoms with Crippen molar-refractivity contribution in [3.8, 4) is 0 Å². The molecular weight excluding hydrogens is 343 g/mol. The third-order valence-corrected chi connectivity index (χ3v) is 4.27. The fourth-order valence-corrected chi connectivity index (χ4v) is 2.89. The van der Waals surface area contributed by atoms with Gasteiger partial charge in [0.25, 0.3) is 5.91 Å². The van der Waals surface area contributed by atoms with Crippen LogP contribution in [0.25, 0.3) is 5.57 Å². The molecule has 0 aliphatic carbocycles. The van der Waals surface area contributed by atoms with Crippen molar-refractivity contribution < 1.29 is 9.18 Å². The van der Waals surface area contributed by atoms with E-state index in [1.54, 1.807) is 30.7 Å². The van der Waals surface area contributed by atoms with Crippen LogP contribution >= 0.6 is 0 Å². The Morgan fingerprint density at radius 3 is 2.81 bits per heavy atom. The van der Waals surface area contributed by atoms with Gasteiger partial charge in [-0.25, -0.2) is 4.39 Å². The number of nitrogens with zero attached hydrogens (tertiary/aromatic N) is 1. The lowest BCUT2D eigenvalue weighted by molar-refractivity contribution is -0.110. The molecule has 0 bridgehead atoms. The smallest absolute Gasteiger partial charge is 0.257 e. The first-order valence-corrected chi connectivity index (χ1v) is 8.50. The van der Waals surface area contributed by atoms with Crippen LogP contribution in [-0.4, -0.2) is 10.9 Å².